The molecule has 63 heavy (non-hydrogen) atoms. The summed E-state index contributed by atoms with van der Waals surface area (Å²) in [5.74, 6) is -6.95. The molecule has 16 heteroatoms. The van der Waals surface area contributed by atoms with Crippen LogP contribution in [0.15, 0.2) is 96.1 Å². The largest absolute Gasteiger partial charge is 0.456 e. The number of nitrogens with one attached hydrogen (secondary N) is 1. The number of nitrogens with two attached hydrogens (primary N) is 1. The van der Waals surface area contributed by atoms with Gasteiger partial charge in [-0.05, 0) is 67.0 Å². The Morgan fingerprint density at radius 2 is 1.46 bits per heavy atom. The van der Waals surface area contributed by atoms with Crippen molar-refractivity contribution in [1.82, 2.24) is 5.32 Å². The second kappa shape index (κ2) is 16.6. The van der Waals surface area contributed by atoms with Crippen LogP contribution < -0.4 is 11.1 Å². The smallest absolute Gasteiger partial charge is 0.338 e. The molecule has 1 saturated heterocycles. The Morgan fingerprint density at radius 1 is 0.857 bits per heavy atom. The number of benzene rings is 3. The lowest BCUT2D eigenvalue weighted by Gasteiger charge is -2.67. The average molecular weight is 869 g/mol. The summed E-state index contributed by atoms with van der Waals surface area (Å²) in [6, 6.07) is 20.6. The molecule has 3 aromatic rings. The fourth-order valence-electron chi connectivity index (χ4n) is 10.2. The molecule has 334 valence electrons. The van der Waals surface area contributed by atoms with Gasteiger partial charge in [0.1, 0.15) is 23.9 Å². The van der Waals surface area contributed by atoms with Gasteiger partial charge < -0.3 is 50.1 Å². The van der Waals surface area contributed by atoms with Crippen LogP contribution >= 0.6 is 0 Å². The van der Waals surface area contributed by atoms with Crippen molar-refractivity contribution in [1.29, 1.82) is 0 Å². The van der Waals surface area contributed by atoms with Crippen molar-refractivity contribution in [2.45, 2.75) is 108 Å². The molecule has 0 radical (unpaired) electrons. The summed E-state index contributed by atoms with van der Waals surface area (Å²) in [7, 11) is 0. The van der Waals surface area contributed by atoms with Crippen LogP contribution in [0.1, 0.15) is 86.7 Å². The summed E-state index contributed by atoms with van der Waals surface area (Å²) in [5, 5.41) is 40.3. The maximum Gasteiger partial charge on any atom is 0.338 e. The van der Waals surface area contributed by atoms with Gasteiger partial charge >= 0.3 is 23.9 Å². The zero-order valence-electron chi connectivity index (χ0n) is 35.7. The Kier molecular flexibility index (Phi) is 11.9. The van der Waals surface area contributed by atoms with Crippen LogP contribution in [-0.2, 0) is 42.9 Å². The maximum absolute atomic E-state index is 15.5. The van der Waals surface area contributed by atoms with Crippen molar-refractivity contribution < 1.29 is 67.8 Å². The molecule has 1 amide bonds. The van der Waals surface area contributed by atoms with Gasteiger partial charge in [0.05, 0.1) is 35.6 Å². The van der Waals surface area contributed by atoms with Crippen molar-refractivity contribution >= 4 is 41.3 Å². The first-order valence-corrected chi connectivity index (χ1v) is 20.7. The van der Waals surface area contributed by atoms with Crippen LogP contribution in [0.25, 0.3) is 0 Å². The molecule has 7 rings (SSSR count). The second-order valence-corrected chi connectivity index (χ2v) is 17.6. The van der Waals surface area contributed by atoms with Crippen molar-refractivity contribution in [2.75, 3.05) is 12.3 Å². The highest BCUT2D eigenvalue weighted by Gasteiger charge is 2.78. The zero-order valence-corrected chi connectivity index (χ0v) is 35.7. The van der Waals surface area contributed by atoms with Gasteiger partial charge in [-0.3, -0.25) is 19.2 Å². The minimum Gasteiger partial charge on any atom is -0.456 e. The number of ether oxygens (including phenoxy) is 5. The number of hydrogen-bond donors (Lipinski definition) is 5. The third-order valence-corrected chi connectivity index (χ3v) is 13.6. The number of nitrogen functional groups attached to an aromatic ring is 1. The monoisotopic (exact) mass is 868 g/mol. The van der Waals surface area contributed by atoms with Gasteiger partial charge in [-0.15, -0.1) is 0 Å². The molecule has 1 unspecified atom stereocenters. The molecule has 0 spiro atoms. The number of rotatable bonds is 10. The molecule has 6 N–H and O–H groups in total. The number of hydrogen-bond acceptors (Lipinski definition) is 15. The van der Waals surface area contributed by atoms with Crippen LogP contribution in [0.2, 0.25) is 0 Å². The number of anilines is 1. The number of Topliss-reactive ketones (excluding diaryl/α,β-unsaturated/α-hetero) is 1. The second-order valence-electron chi connectivity index (χ2n) is 17.6. The minimum atomic E-state index is -2.41. The van der Waals surface area contributed by atoms with Crippen molar-refractivity contribution in [3.05, 3.63) is 113 Å². The molecule has 4 aliphatic rings. The highest BCUT2D eigenvalue weighted by molar-refractivity contribution is 5.96. The van der Waals surface area contributed by atoms with Crippen molar-refractivity contribution in [3.63, 3.8) is 0 Å². The van der Waals surface area contributed by atoms with Gasteiger partial charge in [-0.25, -0.2) is 9.59 Å². The molecular weight excluding hydrogens is 817 g/mol. The van der Waals surface area contributed by atoms with Crippen LogP contribution in [0.5, 0.6) is 0 Å². The highest BCUT2D eigenvalue weighted by atomic mass is 16.6. The van der Waals surface area contributed by atoms with Crippen molar-refractivity contribution in [2.24, 2.45) is 16.7 Å². The summed E-state index contributed by atoms with van der Waals surface area (Å²) < 4.78 is 30.3. The number of carbonyl (C=O) groups is 6. The van der Waals surface area contributed by atoms with Gasteiger partial charge in [0.15, 0.2) is 23.6 Å². The van der Waals surface area contributed by atoms with E-state index >= 15 is 4.79 Å². The highest BCUT2D eigenvalue weighted by Crippen LogP contribution is 2.64. The third kappa shape index (κ3) is 7.58. The predicted octanol–water partition coefficient (Wildman–Crippen LogP) is 3.32. The molecule has 1 heterocycles. The fraction of sp³-hybridized carbons (Fsp3) is 0.447. The Balaban J connectivity index is 1.39. The normalized spacial score (nSPS) is 31.5. The maximum atomic E-state index is 15.5. The van der Waals surface area contributed by atoms with E-state index < -0.39 is 113 Å². The van der Waals surface area contributed by atoms with Crippen LogP contribution in [-0.4, -0.2) is 105 Å². The Hall–Kier alpha value is -5.94. The summed E-state index contributed by atoms with van der Waals surface area (Å²) >= 11 is 0. The summed E-state index contributed by atoms with van der Waals surface area (Å²) in [6.45, 7) is 7.92. The van der Waals surface area contributed by atoms with E-state index in [4.69, 9.17) is 29.4 Å². The van der Waals surface area contributed by atoms with E-state index in [0.29, 0.717) is 5.69 Å². The van der Waals surface area contributed by atoms with Crippen molar-refractivity contribution in [3.8, 4) is 0 Å². The van der Waals surface area contributed by atoms with Gasteiger partial charge in [-0.1, -0.05) is 62.4 Å². The number of fused-ring (bicyclic) bond motifs is 5. The standard InChI is InChI=1S/C47H52N2O14/c1-24-31(61-43(57)36(53)35(27-17-19-30(48)20-18-27)49-41(55)28-13-9-7-10-14-28)22-47(58)40(62-42(56)29-15-11-8-12-16-29)38-45(6,32(52)21-33-46(38,23-59-33)63-26(3)51)39(54)37(60-25(2)50)34(24)44(47,4)5/h7-20,31-33,35-38,40,52-53,58H,21-23,48H2,1-6H3,(H,49,55)/t31-,32-,33+,35?,36+,37+,38-,40-,45+,46-,47+/m0/s1. The minimum absolute atomic E-state index is 0.0163. The van der Waals surface area contributed by atoms with E-state index in [0.717, 1.165) is 13.8 Å². The molecule has 0 aromatic heterocycles. The average Bonchev–Trinajstić information content (AvgIpc) is 3.24. The number of aliphatic hydroxyl groups is 3. The first-order valence-electron chi connectivity index (χ1n) is 20.7. The molecule has 16 nitrogen and oxygen atoms in total. The first-order chi connectivity index (χ1) is 29.7. The van der Waals surface area contributed by atoms with Crippen LogP contribution in [0.4, 0.5) is 5.69 Å². The summed E-state index contributed by atoms with van der Waals surface area (Å²) in [4.78, 5) is 83.6. The molecule has 11 atom stereocenters. The quantitative estimate of drug-likeness (QED) is 0.0849. The zero-order chi connectivity index (χ0) is 45.8. The third-order valence-electron chi connectivity index (χ3n) is 13.6. The van der Waals surface area contributed by atoms with Gasteiger partial charge in [0, 0.05) is 43.4 Å². The Labute approximate surface area is 363 Å². The SMILES string of the molecule is CC(=O)O[C@H]1C(=O)[C@@]2(C)[C@H]([C@H](OC(=O)c3ccccc3)[C@]3(O)C[C@H](OC(=O)[C@H](O)C(NC(=O)c4ccccc4)c4ccc(N)cc4)C(C)=C1C3(C)C)[C@]1(OC(C)=O)CO[C@@H]1C[C@@H]2O. The lowest BCUT2D eigenvalue weighted by Crippen LogP contribution is -2.82. The molecule has 3 aliphatic carbocycles. The number of ketones is 1. The number of esters is 4. The van der Waals surface area contributed by atoms with Gasteiger partial charge in [0.2, 0.25) is 0 Å². The predicted molar refractivity (Wildman–Crippen MR) is 222 cm³/mol. The van der Waals surface area contributed by atoms with E-state index in [1.54, 1.807) is 62.4 Å². The number of aliphatic hydroxyl groups excluding tert-OH is 2. The van der Waals surface area contributed by atoms with E-state index in [1.165, 1.54) is 50.2 Å². The molecule has 3 aromatic carbocycles. The van der Waals surface area contributed by atoms with Crippen LogP contribution in [0, 0.1) is 16.7 Å². The summed E-state index contributed by atoms with van der Waals surface area (Å²) in [5.41, 5.74) is -0.901. The molecule has 2 bridgehead atoms. The topological polar surface area (TPSA) is 247 Å². The molecule has 3 fully saturated rings. The van der Waals surface area contributed by atoms with Crippen LogP contribution in [0.3, 0.4) is 0 Å². The van der Waals surface area contributed by atoms with E-state index in [1.807, 2.05) is 0 Å². The van der Waals surface area contributed by atoms with E-state index in [9.17, 15) is 39.3 Å². The Bertz CT molecular complexity index is 2330. The molecule has 1 aliphatic heterocycles. The van der Waals surface area contributed by atoms with E-state index in [2.05, 4.69) is 5.32 Å². The lowest BCUT2D eigenvalue weighted by molar-refractivity contribution is -0.346. The summed E-state index contributed by atoms with van der Waals surface area (Å²) in [6.07, 6.45) is -10.6. The first kappa shape index (κ1) is 45.1. The lowest BCUT2D eigenvalue weighted by atomic mass is 9.44. The molecular formula is C47H52N2O14. The Morgan fingerprint density at radius 3 is 2.02 bits per heavy atom. The fourth-order valence-corrected chi connectivity index (χ4v) is 10.2. The molecule has 2 saturated carbocycles. The van der Waals surface area contributed by atoms with E-state index in [-0.39, 0.29) is 40.9 Å². The van der Waals surface area contributed by atoms with Gasteiger partial charge in [-0.2, -0.15) is 0 Å². The number of carbonyl (C=O) groups excluding carboxylic acids is 6. The van der Waals surface area contributed by atoms with Gasteiger partial charge in [0.25, 0.3) is 5.91 Å². The number of amides is 1.